The number of aliphatic hydroxyl groups excluding tert-OH is 2. The van der Waals surface area contributed by atoms with Crippen LogP contribution in [0.15, 0.2) is 0 Å². The fourth-order valence-electron chi connectivity index (χ4n) is 0.988. The minimum atomic E-state index is -0.866. The second kappa shape index (κ2) is 3.51. The van der Waals surface area contributed by atoms with Gasteiger partial charge in [0.05, 0.1) is 6.42 Å². The molecule has 64 valence electrons. The molecule has 1 heterocycles. The molecule has 1 rings (SSSR count). The van der Waals surface area contributed by atoms with Crippen molar-refractivity contribution < 1.29 is 19.7 Å². The van der Waals surface area contributed by atoms with Crippen LogP contribution in [-0.4, -0.2) is 39.8 Å². The largest absolute Gasteiger partial charge is 0.457 e. The number of aliphatic hydroxyl groups is 2. The lowest BCUT2D eigenvalue weighted by molar-refractivity contribution is -0.145. The maximum Gasteiger partial charge on any atom is 0.309 e. The highest BCUT2D eigenvalue weighted by molar-refractivity contribution is 9.09. The molecule has 0 aromatic carbocycles. The number of rotatable bonds is 2. The van der Waals surface area contributed by atoms with Crippen LogP contribution in [0.2, 0.25) is 0 Å². The standard InChI is InChI=1S/C6H9BrO4/c7-2-4(9)6-3(8)1-5(10)11-6/h3-4,6,8-9H,1-2H2/t3-,4+,6+/m0/s1. The Hall–Kier alpha value is -0.130. The van der Waals surface area contributed by atoms with Crippen LogP contribution in [0.3, 0.4) is 0 Å². The lowest BCUT2D eigenvalue weighted by Crippen LogP contribution is -2.35. The van der Waals surface area contributed by atoms with E-state index in [9.17, 15) is 4.79 Å². The van der Waals surface area contributed by atoms with E-state index in [0.29, 0.717) is 5.33 Å². The van der Waals surface area contributed by atoms with Crippen LogP contribution in [0.5, 0.6) is 0 Å². The molecule has 1 aliphatic rings. The Morgan fingerprint density at radius 3 is 2.82 bits per heavy atom. The second-order valence-electron chi connectivity index (χ2n) is 2.45. The van der Waals surface area contributed by atoms with Gasteiger partial charge < -0.3 is 14.9 Å². The van der Waals surface area contributed by atoms with Gasteiger partial charge in [-0.05, 0) is 0 Å². The molecule has 3 atom stereocenters. The summed E-state index contributed by atoms with van der Waals surface area (Å²) in [6, 6.07) is 0. The van der Waals surface area contributed by atoms with Gasteiger partial charge in [-0.1, -0.05) is 15.9 Å². The average Bonchev–Trinajstić information content (AvgIpc) is 2.28. The van der Waals surface area contributed by atoms with Crippen molar-refractivity contribution in [3.05, 3.63) is 0 Å². The molecular formula is C6H9BrO4. The van der Waals surface area contributed by atoms with Crippen LogP contribution >= 0.6 is 15.9 Å². The molecule has 11 heavy (non-hydrogen) atoms. The number of hydrogen-bond acceptors (Lipinski definition) is 4. The smallest absolute Gasteiger partial charge is 0.309 e. The Labute approximate surface area is 72.3 Å². The lowest BCUT2D eigenvalue weighted by Gasteiger charge is -2.16. The van der Waals surface area contributed by atoms with Crippen LogP contribution in [0, 0.1) is 0 Å². The predicted octanol–water partition coefficient (Wildman–Crippen LogP) is -0.581. The van der Waals surface area contributed by atoms with E-state index in [2.05, 4.69) is 20.7 Å². The summed E-state index contributed by atoms with van der Waals surface area (Å²) in [6.45, 7) is 0. The van der Waals surface area contributed by atoms with Crippen LogP contribution in [0.1, 0.15) is 6.42 Å². The Morgan fingerprint density at radius 2 is 2.45 bits per heavy atom. The Morgan fingerprint density at radius 1 is 1.82 bits per heavy atom. The highest BCUT2D eigenvalue weighted by Gasteiger charge is 2.37. The molecule has 5 heteroatoms. The first kappa shape index (κ1) is 8.96. The molecule has 0 spiro atoms. The molecule has 1 aliphatic heterocycles. The van der Waals surface area contributed by atoms with Crippen molar-refractivity contribution in [3.63, 3.8) is 0 Å². The van der Waals surface area contributed by atoms with Crippen molar-refractivity contribution in [2.75, 3.05) is 5.33 Å². The number of hydrogen-bond donors (Lipinski definition) is 2. The van der Waals surface area contributed by atoms with Gasteiger partial charge in [-0.3, -0.25) is 4.79 Å². The molecule has 1 fully saturated rings. The zero-order valence-corrected chi connectivity index (χ0v) is 7.32. The summed E-state index contributed by atoms with van der Waals surface area (Å²) >= 11 is 3.02. The number of halogens is 1. The topological polar surface area (TPSA) is 66.8 Å². The summed E-state index contributed by atoms with van der Waals surface area (Å²) < 4.78 is 4.66. The van der Waals surface area contributed by atoms with Gasteiger partial charge in [0.15, 0.2) is 6.10 Å². The van der Waals surface area contributed by atoms with Gasteiger partial charge in [-0.2, -0.15) is 0 Å². The average molecular weight is 225 g/mol. The quantitative estimate of drug-likeness (QED) is 0.487. The summed E-state index contributed by atoms with van der Waals surface area (Å²) in [5.74, 6) is -0.456. The van der Waals surface area contributed by atoms with E-state index in [1.165, 1.54) is 0 Å². The molecule has 4 nitrogen and oxygen atoms in total. The highest BCUT2D eigenvalue weighted by atomic mass is 79.9. The lowest BCUT2D eigenvalue weighted by atomic mass is 10.1. The molecule has 0 unspecified atom stereocenters. The summed E-state index contributed by atoms with van der Waals surface area (Å²) in [4.78, 5) is 10.6. The maximum absolute atomic E-state index is 10.6. The third-order valence-electron chi connectivity index (χ3n) is 1.56. The Balaban J connectivity index is 2.52. The number of alkyl halides is 1. The van der Waals surface area contributed by atoms with Crippen molar-refractivity contribution in [1.29, 1.82) is 0 Å². The van der Waals surface area contributed by atoms with Crippen LogP contribution < -0.4 is 0 Å². The molecular weight excluding hydrogens is 216 g/mol. The van der Waals surface area contributed by atoms with Gasteiger partial charge in [0.25, 0.3) is 0 Å². The molecule has 0 aromatic heterocycles. The van der Waals surface area contributed by atoms with Crippen LogP contribution in [0.25, 0.3) is 0 Å². The molecule has 0 aliphatic carbocycles. The molecule has 0 bridgehead atoms. The fourth-order valence-corrected chi connectivity index (χ4v) is 1.36. The number of ether oxygens (including phenoxy) is 1. The minimum Gasteiger partial charge on any atom is -0.457 e. The van der Waals surface area contributed by atoms with Gasteiger partial charge in [-0.15, -0.1) is 0 Å². The van der Waals surface area contributed by atoms with Crippen molar-refractivity contribution in [3.8, 4) is 0 Å². The molecule has 0 aromatic rings. The van der Waals surface area contributed by atoms with Crippen molar-refractivity contribution in [2.45, 2.75) is 24.7 Å². The zero-order chi connectivity index (χ0) is 8.43. The molecule has 0 saturated carbocycles. The summed E-state index contributed by atoms with van der Waals surface area (Å²) in [5.41, 5.74) is 0. The van der Waals surface area contributed by atoms with Crippen molar-refractivity contribution in [1.82, 2.24) is 0 Å². The SMILES string of the molecule is O=C1C[C@H](O)[C@H]([C@H](O)CBr)O1. The Kier molecular flexibility index (Phi) is 2.86. The van der Waals surface area contributed by atoms with E-state index < -0.39 is 24.3 Å². The van der Waals surface area contributed by atoms with E-state index in [4.69, 9.17) is 10.2 Å². The monoisotopic (exact) mass is 224 g/mol. The van der Waals surface area contributed by atoms with Gasteiger partial charge >= 0.3 is 5.97 Å². The van der Waals surface area contributed by atoms with Crippen LogP contribution in [0.4, 0.5) is 0 Å². The number of cyclic esters (lactones) is 1. The first-order valence-electron chi connectivity index (χ1n) is 3.26. The molecule has 1 saturated heterocycles. The molecule has 2 N–H and O–H groups in total. The number of esters is 1. The zero-order valence-electron chi connectivity index (χ0n) is 5.74. The number of carbonyl (C=O) groups is 1. The van der Waals surface area contributed by atoms with Gasteiger partial charge in [0.2, 0.25) is 0 Å². The highest BCUT2D eigenvalue weighted by Crippen LogP contribution is 2.18. The van der Waals surface area contributed by atoms with E-state index in [-0.39, 0.29) is 6.42 Å². The first-order valence-corrected chi connectivity index (χ1v) is 4.39. The third kappa shape index (κ3) is 1.91. The fraction of sp³-hybridized carbons (Fsp3) is 0.833. The van der Waals surface area contributed by atoms with Crippen molar-refractivity contribution >= 4 is 21.9 Å². The van der Waals surface area contributed by atoms with E-state index in [0.717, 1.165) is 0 Å². The van der Waals surface area contributed by atoms with Crippen LogP contribution in [-0.2, 0) is 9.53 Å². The maximum atomic E-state index is 10.6. The second-order valence-corrected chi connectivity index (χ2v) is 3.10. The first-order chi connectivity index (χ1) is 5.15. The number of carbonyl (C=O) groups excluding carboxylic acids is 1. The van der Waals surface area contributed by atoms with Crippen molar-refractivity contribution in [2.24, 2.45) is 0 Å². The van der Waals surface area contributed by atoms with Gasteiger partial charge in [0, 0.05) is 5.33 Å². The molecule has 0 radical (unpaired) electrons. The normalized spacial score (nSPS) is 33.5. The summed E-state index contributed by atoms with van der Waals surface area (Å²) in [5, 5.41) is 18.6. The Bertz CT molecular complexity index is 161. The summed E-state index contributed by atoms with van der Waals surface area (Å²) in [7, 11) is 0. The third-order valence-corrected chi connectivity index (χ3v) is 2.22. The van der Waals surface area contributed by atoms with E-state index >= 15 is 0 Å². The van der Waals surface area contributed by atoms with E-state index in [1.807, 2.05) is 0 Å². The summed E-state index contributed by atoms with van der Waals surface area (Å²) in [6.07, 6.45) is -2.47. The van der Waals surface area contributed by atoms with Gasteiger partial charge in [-0.25, -0.2) is 0 Å². The minimum absolute atomic E-state index is 0.0191. The molecule has 0 amide bonds. The van der Waals surface area contributed by atoms with E-state index in [1.54, 1.807) is 0 Å². The van der Waals surface area contributed by atoms with Gasteiger partial charge in [0.1, 0.15) is 12.2 Å². The predicted molar refractivity (Wildman–Crippen MR) is 40.3 cm³/mol.